The number of hydrogen-bond donors (Lipinski definition) is 1. The molecule has 0 aliphatic rings. The molecule has 2 aromatic carbocycles. The van der Waals surface area contributed by atoms with Crippen molar-refractivity contribution in [3.8, 4) is 5.75 Å². The average Bonchev–Trinajstić information content (AvgIpc) is 2.99. The summed E-state index contributed by atoms with van der Waals surface area (Å²) in [6.45, 7) is 0.533. The van der Waals surface area contributed by atoms with E-state index in [2.05, 4.69) is 10.1 Å². The summed E-state index contributed by atoms with van der Waals surface area (Å²) in [6.07, 6.45) is 1.61. The Morgan fingerprint density at radius 1 is 1.03 bits per heavy atom. The van der Waals surface area contributed by atoms with Gasteiger partial charge < -0.3 is 10.1 Å². The third-order valence-electron chi connectivity index (χ3n) is 4.82. The number of fused-ring (bicyclic) bond motifs is 1. The molecule has 160 valence electrons. The molecular weight excluding hydrogens is 392 g/mol. The molecule has 0 bridgehead atoms. The average molecular weight is 417 g/mol. The van der Waals surface area contributed by atoms with Crippen molar-refractivity contribution in [3.05, 3.63) is 64.6 Å². The smallest absolute Gasteiger partial charge is 0.387 e. The molecule has 0 unspecified atom stereocenters. The van der Waals surface area contributed by atoms with Crippen LogP contribution in [-0.4, -0.2) is 28.2 Å². The number of rotatable bonds is 10. The van der Waals surface area contributed by atoms with E-state index in [1.807, 2.05) is 31.2 Å². The predicted octanol–water partition coefficient (Wildman–Crippen LogP) is 3.56. The highest BCUT2D eigenvalue weighted by Gasteiger charge is 2.13. The van der Waals surface area contributed by atoms with Crippen molar-refractivity contribution in [2.24, 2.45) is 0 Å². The van der Waals surface area contributed by atoms with Crippen molar-refractivity contribution >= 4 is 16.9 Å². The Morgan fingerprint density at radius 3 is 2.27 bits per heavy atom. The Hall–Kier alpha value is -3.16. The highest BCUT2D eigenvalue weighted by Crippen LogP contribution is 2.15. The van der Waals surface area contributed by atoms with Gasteiger partial charge in [-0.25, -0.2) is 4.79 Å². The minimum absolute atomic E-state index is 0.100. The van der Waals surface area contributed by atoms with Crippen LogP contribution in [0.2, 0.25) is 0 Å². The van der Waals surface area contributed by atoms with Crippen LogP contribution >= 0.6 is 0 Å². The second-order valence-electron chi connectivity index (χ2n) is 6.95. The van der Waals surface area contributed by atoms with Gasteiger partial charge in [0, 0.05) is 26.1 Å². The number of imidazole rings is 1. The molecule has 1 amide bonds. The molecule has 0 radical (unpaired) electrons. The van der Waals surface area contributed by atoms with Crippen LogP contribution in [0.1, 0.15) is 25.3 Å². The Balaban J connectivity index is 1.53. The summed E-state index contributed by atoms with van der Waals surface area (Å²) in [5, 5.41) is 2.84. The van der Waals surface area contributed by atoms with Crippen molar-refractivity contribution in [1.82, 2.24) is 14.5 Å². The van der Waals surface area contributed by atoms with Gasteiger partial charge in [0.2, 0.25) is 5.91 Å². The lowest BCUT2D eigenvalue weighted by Gasteiger charge is -2.08. The predicted molar refractivity (Wildman–Crippen MR) is 111 cm³/mol. The van der Waals surface area contributed by atoms with E-state index >= 15 is 0 Å². The van der Waals surface area contributed by atoms with Crippen molar-refractivity contribution in [2.45, 2.75) is 45.9 Å². The maximum atomic E-state index is 12.7. The lowest BCUT2D eigenvalue weighted by molar-refractivity contribution is -0.121. The van der Waals surface area contributed by atoms with E-state index in [0.29, 0.717) is 26.1 Å². The van der Waals surface area contributed by atoms with Gasteiger partial charge in [0.15, 0.2) is 0 Å². The summed E-state index contributed by atoms with van der Waals surface area (Å²) in [5.74, 6) is -0.0441. The SMILES string of the molecule is CCCn1c(=O)n(CCC(=O)NCCc2ccc(OC(F)F)cc2)c2ccccc21. The number of carbonyl (C=O) groups is 1. The molecule has 1 N–H and O–H groups in total. The number of nitrogens with one attached hydrogen (secondary N) is 1. The van der Waals surface area contributed by atoms with E-state index < -0.39 is 6.61 Å². The fourth-order valence-electron chi connectivity index (χ4n) is 3.41. The number of amides is 1. The van der Waals surface area contributed by atoms with Crippen LogP contribution in [0.25, 0.3) is 11.0 Å². The molecule has 0 fully saturated rings. The molecule has 0 aliphatic heterocycles. The summed E-state index contributed by atoms with van der Waals surface area (Å²) in [6, 6.07) is 13.9. The number of ether oxygens (including phenoxy) is 1. The number of hydrogen-bond acceptors (Lipinski definition) is 3. The molecule has 0 saturated heterocycles. The van der Waals surface area contributed by atoms with Crippen molar-refractivity contribution in [3.63, 3.8) is 0 Å². The van der Waals surface area contributed by atoms with Gasteiger partial charge in [-0.15, -0.1) is 0 Å². The van der Waals surface area contributed by atoms with Crippen LogP contribution in [-0.2, 0) is 24.3 Å². The molecule has 8 heteroatoms. The zero-order chi connectivity index (χ0) is 21.5. The monoisotopic (exact) mass is 417 g/mol. The molecule has 6 nitrogen and oxygen atoms in total. The van der Waals surface area contributed by atoms with Crippen LogP contribution in [0.3, 0.4) is 0 Å². The number of para-hydroxylation sites is 2. The van der Waals surface area contributed by atoms with Crippen molar-refractivity contribution in [1.29, 1.82) is 0 Å². The van der Waals surface area contributed by atoms with Crippen molar-refractivity contribution < 1.29 is 18.3 Å². The lowest BCUT2D eigenvalue weighted by Crippen LogP contribution is -2.29. The first-order valence-corrected chi connectivity index (χ1v) is 9.98. The molecule has 0 saturated carbocycles. The molecular formula is C22H25F2N3O3. The zero-order valence-electron chi connectivity index (χ0n) is 16.8. The van der Waals surface area contributed by atoms with Crippen LogP contribution < -0.4 is 15.7 Å². The molecule has 0 aliphatic carbocycles. The number of aromatic nitrogens is 2. The van der Waals surface area contributed by atoms with Crippen LogP contribution in [0, 0.1) is 0 Å². The van der Waals surface area contributed by atoms with Gasteiger partial charge in [0.25, 0.3) is 0 Å². The minimum Gasteiger partial charge on any atom is -0.435 e. The van der Waals surface area contributed by atoms with Crippen molar-refractivity contribution in [2.75, 3.05) is 6.54 Å². The number of nitrogens with zero attached hydrogens (tertiary/aromatic N) is 2. The second-order valence-corrected chi connectivity index (χ2v) is 6.95. The molecule has 1 aromatic heterocycles. The van der Waals surface area contributed by atoms with E-state index in [1.165, 1.54) is 12.1 Å². The van der Waals surface area contributed by atoms with Gasteiger partial charge in [-0.1, -0.05) is 31.2 Å². The summed E-state index contributed by atoms with van der Waals surface area (Å²) in [5.41, 5.74) is 2.51. The van der Waals surface area contributed by atoms with E-state index in [9.17, 15) is 18.4 Å². The number of benzene rings is 2. The quantitative estimate of drug-likeness (QED) is 0.549. The lowest BCUT2D eigenvalue weighted by atomic mass is 10.1. The Bertz CT molecular complexity index is 1040. The Morgan fingerprint density at radius 2 is 1.67 bits per heavy atom. The van der Waals surface area contributed by atoms with Gasteiger partial charge in [-0.3, -0.25) is 13.9 Å². The third kappa shape index (κ3) is 5.25. The van der Waals surface area contributed by atoms with E-state index in [-0.39, 0.29) is 23.8 Å². The maximum absolute atomic E-state index is 12.7. The molecule has 3 aromatic rings. The first kappa shape index (κ1) is 21.5. The summed E-state index contributed by atoms with van der Waals surface area (Å²) in [7, 11) is 0. The largest absolute Gasteiger partial charge is 0.435 e. The highest BCUT2D eigenvalue weighted by molar-refractivity contribution is 5.78. The van der Waals surface area contributed by atoms with Crippen LogP contribution in [0.4, 0.5) is 8.78 Å². The first-order valence-electron chi connectivity index (χ1n) is 9.98. The summed E-state index contributed by atoms with van der Waals surface area (Å²) < 4.78 is 32.0. The number of alkyl halides is 2. The summed E-state index contributed by atoms with van der Waals surface area (Å²) >= 11 is 0. The fourth-order valence-corrected chi connectivity index (χ4v) is 3.41. The fraction of sp³-hybridized carbons (Fsp3) is 0.364. The maximum Gasteiger partial charge on any atom is 0.387 e. The third-order valence-corrected chi connectivity index (χ3v) is 4.82. The van der Waals surface area contributed by atoms with Gasteiger partial charge in [0.05, 0.1) is 11.0 Å². The number of aryl methyl sites for hydroxylation is 2. The topological polar surface area (TPSA) is 65.3 Å². The number of carbonyl (C=O) groups excluding carboxylic acids is 1. The first-order chi connectivity index (χ1) is 14.5. The van der Waals surface area contributed by atoms with Crippen LogP contribution in [0.5, 0.6) is 5.75 Å². The van der Waals surface area contributed by atoms with E-state index in [0.717, 1.165) is 23.0 Å². The minimum atomic E-state index is -2.85. The highest BCUT2D eigenvalue weighted by atomic mass is 19.3. The normalized spacial score (nSPS) is 11.2. The van der Waals surface area contributed by atoms with Gasteiger partial charge >= 0.3 is 12.3 Å². The van der Waals surface area contributed by atoms with Gasteiger partial charge in [-0.05, 0) is 42.7 Å². The van der Waals surface area contributed by atoms with Crippen LogP contribution in [0.15, 0.2) is 53.3 Å². The molecule has 3 rings (SSSR count). The van der Waals surface area contributed by atoms with Gasteiger partial charge in [-0.2, -0.15) is 8.78 Å². The Labute approximate surface area is 173 Å². The zero-order valence-corrected chi connectivity index (χ0v) is 16.8. The molecule has 30 heavy (non-hydrogen) atoms. The summed E-state index contributed by atoms with van der Waals surface area (Å²) in [4.78, 5) is 24.9. The van der Waals surface area contributed by atoms with E-state index in [1.54, 1.807) is 21.3 Å². The molecule has 0 atom stereocenters. The second kappa shape index (κ2) is 10.0. The van der Waals surface area contributed by atoms with Gasteiger partial charge in [0.1, 0.15) is 5.75 Å². The number of halogens is 2. The standard InChI is InChI=1S/C22H25F2N3O3/c1-2-14-26-18-5-3-4-6-19(18)27(22(26)29)15-12-20(28)25-13-11-16-7-9-17(10-8-16)30-21(23)24/h3-10,21H,2,11-15H2,1H3,(H,25,28). The molecule has 0 spiro atoms. The van der Waals surface area contributed by atoms with E-state index in [4.69, 9.17) is 0 Å². The Kier molecular flexibility index (Phi) is 7.21. The molecule has 1 heterocycles.